The third-order valence-corrected chi connectivity index (χ3v) is 4.96. The number of nitrogens with one attached hydrogen (secondary N) is 2. The first-order chi connectivity index (χ1) is 14.8. The average Bonchev–Trinajstić information content (AvgIpc) is 3.07. The van der Waals surface area contributed by atoms with Gasteiger partial charge in [0.1, 0.15) is 0 Å². The number of fused-ring (bicyclic) bond motifs is 1. The highest BCUT2D eigenvalue weighted by Gasteiger charge is 2.17. The smallest absolute Gasteiger partial charge is 0.323 e. The molecule has 31 heavy (non-hydrogen) atoms. The number of anilines is 3. The fourth-order valence-electron chi connectivity index (χ4n) is 3.18. The molecule has 0 saturated heterocycles. The topological polar surface area (TPSA) is 123 Å². The molecule has 3 heterocycles. The molecular weight excluding hydrogens is 439 g/mol. The monoisotopic (exact) mass is 456 g/mol. The first-order valence-electron chi connectivity index (χ1n) is 9.32. The number of benzene rings is 1. The van der Waals surface area contributed by atoms with Gasteiger partial charge in [-0.3, -0.25) is 0 Å². The molecule has 3 aromatic heterocycles. The maximum absolute atomic E-state index is 12.6. The van der Waals surface area contributed by atoms with Crippen molar-refractivity contribution < 1.29 is 4.79 Å². The minimum Gasteiger partial charge on any atom is -0.368 e. The molecule has 4 N–H and O–H groups in total. The third-order valence-electron chi connectivity index (χ3n) is 4.46. The predicted octanol–water partition coefficient (Wildman–Crippen LogP) is 4.84. The molecule has 11 heteroatoms. The number of hydrogen-bond acceptors (Lipinski definition) is 6. The molecule has 0 fully saturated rings. The van der Waals surface area contributed by atoms with E-state index in [9.17, 15) is 4.79 Å². The quantitative estimate of drug-likeness (QED) is 0.403. The summed E-state index contributed by atoms with van der Waals surface area (Å²) in [6.45, 7) is 3.98. The van der Waals surface area contributed by atoms with E-state index >= 15 is 0 Å². The Morgan fingerprint density at radius 1 is 1.13 bits per heavy atom. The first-order valence-corrected chi connectivity index (χ1v) is 10.1. The van der Waals surface area contributed by atoms with Gasteiger partial charge in [-0.1, -0.05) is 37.0 Å². The van der Waals surface area contributed by atoms with Crippen LogP contribution in [0.1, 0.15) is 25.5 Å². The van der Waals surface area contributed by atoms with Crippen LogP contribution >= 0.6 is 23.2 Å². The van der Waals surface area contributed by atoms with Crippen LogP contribution in [0, 0.1) is 0 Å². The summed E-state index contributed by atoms with van der Waals surface area (Å²) >= 11 is 12.4. The second-order valence-electron chi connectivity index (χ2n) is 7.02. The Balaban J connectivity index is 1.55. The summed E-state index contributed by atoms with van der Waals surface area (Å²) in [6, 6.07) is 8.01. The van der Waals surface area contributed by atoms with Gasteiger partial charge in [0, 0.05) is 23.5 Å². The molecule has 4 aromatic rings. The highest BCUT2D eigenvalue weighted by molar-refractivity contribution is 6.33. The Hall–Kier alpha value is -3.43. The van der Waals surface area contributed by atoms with Crippen molar-refractivity contribution in [2.75, 3.05) is 16.4 Å². The zero-order chi connectivity index (χ0) is 22.1. The fraction of sp³-hybridized carbons (Fsp3) is 0.150. The molecule has 0 aliphatic rings. The van der Waals surface area contributed by atoms with Gasteiger partial charge >= 0.3 is 6.03 Å². The largest absolute Gasteiger partial charge is 0.368 e. The normalized spacial score (nSPS) is 11.1. The van der Waals surface area contributed by atoms with Crippen LogP contribution in [0.2, 0.25) is 10.2 Å². The van der Waals surface area contributed by atoms with E-state index in [0.29, 0.717) is 38.5 Å². The van der Waals surface area contributed by atoms with Crippen molar-refractivity contribution in [1.29, 1.82) is 0 Å². The number of nitrogen functional groups attached to an aromatic ring is 1. The Kier molecular flexibility index (Phi) is 5.62. The Labute approximate surface area is 187 Å². The van der Waals surface area contributed by atoms with Crippen LogP contribution in [-0.4, -0.2) is 30.6 Å². The van der Waals surface area contributed by atoms with Crippen LogP contribution in [-0.2, 0) is 0 Å². The number of urea groups is 1. The zero-order valence-corrected chi connectivity index (χ0v) is 18.1. The van der Waals surface area contributed by atoms with E-state index < -0.39 is 6.03 Å². The maximum Gasteiger partial charge on any atom is 0.323 e. The number of aromatic nitrogens is 5. The van der Waals surface area contributed by atoms with Gasteiger partial charge in [0.2, 0.25) is 5.95 Å². The van der Waals surface area contributed by atoms with Gasteiger partial charge in [-0.15, -0.1) is 0 Å². The highest BCUT2D eigenvalue weighted by Crippen LogP contribution is 2.30. The summed E-state index contributed by atoms with van der Waals surface area (Å²) < 4.78 is 1.63. The molecule has 0 saturated carbocycles. The zero-order valence-electron chi connectivity index (χ0n) is 16.6. The van der Waals surface area contributed by atoms with Gasteiger partial charge in [-0.25, -0.2) is 24.3 Å². The van der Waals surface area contributed by atoms with E-state index in [1.165, 1.54) is 0 Å². The number of carbonyl (C=O) groups excluding carboxylic acids is 1. The Bertz CT molecular complexity index is 1290. The maximum atomic E-state index is 12.6. The molecule has 0 spiro atoms. The second-order valence-corrected chi connectivity index (χ2v) is 7.82. The molecule has 0 aliphatic heterocycles. The lowest BCUT2D eigenvalue weighted by atomic mass is 10.1. The van der Waals surface area contributed by atoms with Crippen molar-refractivity contribution in [3.63, 3.8) is 0 Å². The number of halogens is 2. The summed E-state index contributed by atoms with van der Waals surface area (Å²) in [5.74, 6) is 0.214. The molecule has 0 bridgehead atoms. The van der Waals surface area contributed by atoms with Crippen molar-refractivity contribution in [2.45, 2.75) is 19.8 Å². The molecule has 0 radical (unpaired) electrons. The van der Waals surface area contributed by atoms with Gasteiger partial charge in [0.15, 0.2) is 10.8 Å². The van der Waals surface area contributed by atoms with Crippen LogP contribution in [0.15, 0.2) is 42.7 Å². The molecule has 4 rings (SSSR count). The van der Waals surface area contributed by atoms with Crippen LogP contribution in [0.4, 0.5) is 22.1 Å². The lowest BCUT2D eigenvalue weighted by Gasteiger charge is -2.15. The van der Waals surface area contributed by atoms with Crippen molar-refractivity contribution in [2.24, 2.45) is 0 Å². The predicted molar refractivity (Wildman–Crippen MR) is 122 cm³/mol. The number of amides is 2. The van der Waals surface area contributed by atoms with Crippen molar-refractivity contribution in [1.82, 2.24) is 24.6 Å². The van der Waals surface area contributed by atoms with Crippen molar-refractivity contribution in [3.05, 3.63) is 58.6 Å². The van der Waals surface area contributed by atoms with Crippen LogP contribution in [0.3, 0.4) is 0 Å². The van der Waals surface area contributed by atoms with Gasteiger partial charge in [-0.05, 0) is 30.2 Å². The summed E-state index contributed by atoms with van der Waals surface area (Å²) in [6.07, 6.45) is 3.13. The molecule has 0 unspecified atom stereocenters. The molecule has 2 amide bonds. The molecule has 1 aromatic carbocycles. The SMILES string of the molecule is CC(C)c1c(NC(=O)Nc2ccc(-c3ccnc(N)n3)c(Cl)c2)cnc2cc(Cl)nn12. The summed E-state index contributed by atoms with van der Waals surface area (Å²) in [4.78, 5) is 25.0. The number of carbonyl (C=O) groups is 1. The summed E-state index contributed by atoms with van der Waals surface area (Å²) in [7, 11) is 0. The van der Waals surface area contributed by atoms with Gasteiger partial charge < -0.3 is 16.4 Å². The molecule has 0 atom stereocenters. The van der Waals surface area contributed by atoms with Crippen LogP contribution < -0.4 is 16.4 Å². The fourth-order valence-corrected chi connectivity index (χ4v) is 3.63. The van der Waals surface area contributed by atoms with Crippen molar-refractivity contribution in [3.8, 4) is 11.3 Å². The minimum atomic E-state index is -0.448. The summed E-state index contributed by atoms with van der Waals surface area (Å²) in [5.41, 5.74) is 9.32. The van der Waals surface area contributed by atoms with Crippen LogP contribution in [0.5, 0.6) is 0 Å². The number of rotatable bonds is 4. The molecule has 9 nitrogen and oxygen atoms in total. The standard InChI is InChI=1S/C20H18Cl2N8O/c1-10(2)18-15(9-25-17-8-16(22)29-30(17)18)28-20(31)26-11-3-4-12(13(21)7-11)14-5-6-24-19(23)27-14/h3-10H,1-2H3,(H2,23,24,27)(H2,26,28,31). The minimum absolute atomic E-state index is 0.0609. The summed E-state index contributed by atoms with van der Waals surface area (Å²) in [5, 5.41) is 10.6. The van der Waals surface area contributed by atoms with Crippen LogP contribution in [0.25, 0.3) is 16.9 Å². The van der Waals surface area contributed by atoms with E-state index in [1.807, 2.05) is 13.8 Å². The highest BCUT2D eigenvalue weighted by atomic mass is 35.5. The molecular formula is C20H18Cl2N8O. The van der Waals surface area contributed by atoms with E-state index in [-0.39, 0.29) is 11.9 Å². The van der Waals surface area contributed by atoms with Crippen molar-refractivity contribution >= 4 is 52.2 Å². The average molecular weight is 457 g/mol. The second kappa shape index (κ2) is 8.37. The first kappa shape index (κ1) is 20.8. The van der Waals surface area contributed by atoms with E-state index in [2.05, 4.69) is 30.7 Å². The number of hydrogen-bond donors (Lipinski definition) is 3. The van der Waals surface area contributed by atoms with E-state index in [4.69, 9.17) is 28.9 Å². The third kappa shape index (κ3) is 4.37. The molecule has 158 valence electrons. The molecule has 0 aliphatic carbocycles. The number of nitrogens with two attached hydrogens (primary N) is 1. The van der Waals surface area contributed by atoms with E-state index in [0.717, 1.165) is 5.69 Å². The van der Waals surface area contributed by atoms with E-state index in [1.54, 1.807) is 47.2 Å². The Morgan fingerprint density at radius 2 is 1.94 bits per heavy atom. The van der Waals surface area contributed by atoms with Gasteiger partial charge in [-0.2, -0.15) is 5.10 Å². The lowest BCUT2D eigenvalue weighted by Crippen LogP contribution is -2.21. The van der Waals surface area contributed by atoms with Gasteiger partial charge in [0.05, 0.1) is 28.3 Å². The Morgan fingerprint density at radius 3 is 2.65 bits per heavy atom. The number of nitrogens with zero attached hydrogens (tertiary/aromatic N) is 5. The lowest BCUT2D eigenvalue weighted by molar-refractivity contribution is 0.262. The van der Waals surface area contributed by atoms with Gasteiger partial charge in [0.25, 0.3) is 0 Å².